The number of amides is 1. The second-order valence-corrected chi connectivity index (χ2v) is 6.52. The molecule has 24 heavy (non-hydrogen) atoms. The predicted molar refractivity (Wildman–Crippen MR) is 87.6 cm³/mol. The average molecular weight is 323 g/mol. The fourth-order valence-corrected chi connectivity index (χ4v) is 3.69. The molecule has 0 aliphatic carbocycles. The molecule has 2 fully saturated rings. The van der Waals surface area contributed by atoms with Crippen molar-refractivity contribution in [3.05, 3.63) is 35.8 Å². The van der Waals surface area contributed by atoms with Crippen molar-refractivity contribution < 1.29 is 9.53 Å². The topological polar surface area (TPSA) is 86.9 Å². The molecule has 2 unspecified atom stereocenters. The van der Waals surface area contributed by atoms with Crippen molar-refractivity contribution in [2.75, 3.05) is 13.2 Å². The van der Waals surface area contributed by atoms with Crippen molar-refractivity contribution in [2.24, 2.45) is 0 Å². The Hall–Kier alpha value is -2.67. The Kier molecular flexibility index (Phi) is 2.81. The number of fused-ring (bicyclic) bond motifs is 3. The molecule has 5 heterocycles. The molecule has 2 bridgehead atoms. The normalized spacial score (nSPS) is 22.6. The minimum absolute atomic E-state index is 0.0404. The van der Waals surface area contributed by atoms with E-state index in [4.69, 9.17) is 4.74 Å². The van der Waals surface area contributed by atoms with Gasteiger partial charge in [0.2, 0.25) is 0 Å². The van der Waals surface area contributed by atoms with Crippen LogP contribution < -0.4 is 0 Å². The molecule has 0 saturated carbocycles. The Labute approximate surface area is 138 Å². The van der Waals surface area contributed by atoms with Crippen LogP contribution >= 0.6 is 0 Å². The third-order valence-electron chi connectivity index (χ3n) is 5.00. The molecule has 2 N–H and O–H groups in total. The molecule has 7 nitrogen and oxygen atoms in total. The van der Waals surface area contributed by atoms with E-state index in [0.29, 0.717) is 18.9 Å². The number of carbonyl (C=O) groups is 1. The number of nitrogens with one attached hydrogen (secondary N) is 2. The fourth-order valence-electron chi connectivity index (χ4n) is 3.69. The first-order chi connectivity index (χ1) is 11.7. The second-order valence-electron chi connectivity index (χ2n) is 6.52. The summed E-state index contributed by atoms with van der Waals surface area (Å²) in [5.41, 5.74) is 4.09. The lowest BCUT2D eigenvalue weighted by molar-refractivity contribution is -0.104. The van der Waals surface area contributed by atoms with E-state index in [1.54, 1.807) is 6.20 Å². The number of rotatable bonds is 2. The Morgan fingerprint density at radius 2 is 2.17 bits per heavy atom. The van der Waals surface area contributed by atoms with Crippen LogP contribution in [0.4, 0.5) is 0 Å². The van der Waals surface area contributed by atoms with Gasteiger partial charge in [0.25, 0.3) is 5.91 Å². The number of ether oxygens (including phenoxy) is 1. The molecule has 7 heteroatoms. The van der Waals surface area contributed by atoms with Gasteiger partial charge in [0.05, 0.1) is 37.2 Å². The van der Waals surface area contributed by atoms with Gasteiger partial charge in [0, 0.05) is 16.6 Å². The van der Waals surface area contributed by atoms with Gasteiger partial charge in [-0.25, -0.2) is 4.98 Å². The maximum Gasteiger partial charge on any atom is 0.271 e. The highest BCUT2D eigenvalue weighted by Crippen LogP contribution is 2.32. The van der Waals surface area contributed by atoms with E-state index in [0.717, 1.165) is 34.4 Å². The zero-order valence-electron chi connectivity index (χ0n) is 13.2. The number of morpholine rings is 1. The fraction of sp³-hybridized carbons (Fsp3) is 0.353. The number of aryl methyl sites for hydroxylation is 1. The lowest BCUT2D eigenvalue weighted by atomic mass is 9.91. The van der Waals surface area contributed by atoms with E-state index in [2.05, 4.69) is 20.2 Å². The van der Waals surface area contributed by atoms with Crippen LogP contribution in [-0.4, -0.2) is 56.3 Å². The molecule has 2 saturated heterocycles. The van der Waals surface area contributed by atoms with E-state index in [1.165, 1.54) is 0 Å². The molecule has 3 aromatic rings. The number of hydrogen-bond acceptors (Lipinski definition) is 4. The van der Waals surface area contributed by atoms with Gasteiger partial charge in [0.15, 0.2) is 0 Å². The Morgan fingerprint density at radius 3 is 2.88 bits per heavy atom. The Balaban J connectivity index is 1.50. The van der Waals surface area contributed by atoms with Crippen LogP contribution in [0.1, 0.15) is 22.6 Å². The lowest BCUT2D eigenvalue weighted by Crippen LogP contribution is -2.65. The third kappa shape index (κ3) is 1.91. The first-order valence-corrected chi connectivity index (χ1v) is 8.11. The largest absolute Gasteiger partial charge is 0.377 e. The molecule has 5 rings (SSSR count). The maximum atomic E-state index is 12.8. The van der Waals surface area contributed by atoms with Gasteiger partial charge in [0.1, 0.15) is 11.3 Å². The summed E-state index contributed by atoms with van der Waals surface area (Å²) in [4.78, 5) is 22.5. The van der Waals surface area contributed by atoms with Crippen molar-refractivity contribution in [3.63, 3.8) is 0 Å². The number of pyridine rings is 1. The van der Waals surface area contributed by atoms with Crippen LogP contribution in [-0.2, 0) is 4.74 Å². The van der Waals surface area contributed by atoms with E-state index >= 15 is 0 Å². The van der Waals surface area contributed by atoms with Crippen LogP contribution in [0.2, 0.25) is 0 Å². The standard InChI is InChI=1S/C17H17N5O2/c1-9-13(6-18-21-9)14-3-2-10-4-15(20-16(10)19-14)17(23)22-11-5-12(22)8-24-7-11/h2-4,6,11-12H,5,7-8H2,1H3,(H,18,21)(H,19,20). The van der Waals surface area contributed by atoms with Gasteiger partial charge in [-0.05, 0) is 31.5 Å². The molecular formula is C17H17N5O2. The molecule has 0 radical (unpaired) electrons. The molecule has 2 aliphatic heterocycles. The van der Waals surface area contributed by atoms with Crippen molar-refractivity contribution >= 4 is 16.9 Å². The number of aromatic nitrogens is 4. The summed E-state index contributed by atoms with van der Waals surface area (Å²) in [6.45, 7) is 3.25. The second kappa shape index (κ2) is 4.91. The van der Waals surface area contributed by atoms with Crippen molar-refractivity contribution in [1.82, 2.24) is 25.1 Å². The molecular weight excluding hydrogens is 306 g/mol. The van der Waals surface area contributed by atoms with E-state index in [9.17, 15) is 4.79 Å². The lowest BCUT2D eigenvalue weighted by Gasteiger charge is -2.52. The van der Waals surface area contributed by atoms with Gasteiger partial charge < -0.3 is 14.6 Å². The van der Waals surface area contributed by atoms with E-state index in [-0.39, 0.29) is 18.0 Å². The molecule has 2 aliphatic rings. The highest BCUT2D eigenvalue weighted by atomic mass is 16.5. The van der Waals surface area contributed by atoms with E-state index < -0.39 is 0 Å². The summed E-state index contributed by atoms with van der Waals surface area (Å²) >= 11 is 0. The van der Waals surface area contributed by atoms with Gasteiger partial charge >= 0.3 is 0 Å². The van der Waals surface area contributed by atoms with Gasteiger partial charge in [-0.1, -0.05) is 0 Å². The Bertz CT molecular complexity index is 930. The zero-order valence-corrected chi connectivity index (χ0v) is 13.2. The van der Waals surface area contributed by atoms with Crippen LogP contribution in [0.5, 0.6) is 0 Å². The smallest absolute Gasteiger partial charge is 0.271 e. The molecule has 2 atom stereocenters. The summed E-state index contributed by atoms with van der Waals surface area (Å²) < 4.78 is 5.45. The van der Waals surface area contributed by atoms with Crippen molar-refractivity contribution in [3.8, 4) is 11.3 Å². The number of nitrogens with zero attached hydrogens (tertiary/aromatic N) is 3. The first-order valence-electron chi connectivity index (χ1n) is 8.11. The van der Waals surface area contributed by atoms with Gasteiger partial charge in [-0.3, -0.25) is 9.89 Å². The van der Waals surface area contributed by atoms with Gasteiger partial charge in [-0.15, -0.1) is 0 Å². The molecule has 0 spiro atoms. The molecule has 1 amide bonds. The minimum atomic E-state index is 0.0404. The predicted octanol–water partition coefficient (Wildman–Crippen LogP) is 1.87. The Morgan fingerprint density at radius 1 is 1.33 bits per heavy atom. The third-order valence-corrected chi connectivity index (χ3v) is 5.00. The van der Waals surface area contributed by atoms with Crippen LogP contribution in [0, 0.1) is 6.92 Å². The summed E-state index contributed by atoms with van der Waals surface area (Å²) in [5, 5.41) is 7.89. The first kappa shape index (κ1) is 13.7. The minimum Gasteiger partial charge on any atom is -0.377 e. The highest BCUT2D eigenvalue weighted by Gasteiger charge is 2.45. The molecule has 122 valence electrons. The van der Waals surface area contributed by atoms with Crippen LogP contribution in [0.25, 0.3) is 22.3 Å². The zero-order chi connectivity index (χ0) is 16.3. The molecule has 3 aromatic heterocycles. The van der Waals surface area contributed by atoms with E-state index in [1.807, 2.05) is 30.0 Å². The van der Waals surface area contributed by atoms with Crippen LogP contribution in [0.15, 0.2) is 24.4 Å². The van der Waals surface area contributed by atoms with Gasteiger partial charge in [-0.2, -0.15) is 5.10 Å². The highest BCUT2D eigenvalue weighted by molar-refractivity contribution is 5.98. The van der Waals surface area contributed by atoms with Crippen molar-refractivity contribution in [2.45, 2.75) is 25.4 Å². The summed E-state index contributed by atoms with van der Waals surface area (Å²) in [6.07, 6.45) is 2.81. The monoisotopic (exact) mass is 323 g/mol. The SMILES string of the molecule is Cc1[nH]ncc1-c1ccc2cc(C(=O)N3C4COCC3C4)[nH]c2n1. The van der Waals surface area contributed by atoms with Crippen molar-refractivity contribution in [1.29, 1.82) is 0 Å². The number of H-pyrrole nitrogens is 2. The van der Waals surface area contributed by atoms with Crippen LogP contribution in [0.3, 0.4) is 0 Å². The summed E-state index contributed by atoms with van der Waals surface area (Å²) in [6, 6.07) is 6.26. The maximum absolute atomic E-state index is 12.8. The molecule has 0 aromatic carbocycles. The quantitative estimate of drug-likeness (QED) is 0.754. The number of hydrogen-bond donors (Lipinski definition) is 2. The summed E-state index contributed by atoms with van der Waals surface area (Å²) in [7, 11) is 0. The summed E-state index contributed by atoms with van der Waals surface area (Å²) in [5.74, 6) is 0.0404. The number of aromatic amines is 2. The number of carbonyl (C=O) groups excluding carboxylic acids is 1. The average Bonchev–Trinajstić information content (AvgIpc) is 3.20.